The molecule has 0 heterocycles. The number of sulfonamides is 1. The molecule has 0 unspecified atom stereocenters. The van der Waals surface area contributed by atoms with Crippen LogP contribution in [-0.2, 0) is 10.0 Å². The van der Waals surface area contributed by atoms with Crippen LogP contribution in [-0.4, -0.2) is 8.42 Å². The summed E-state index contributed by atoms with van der Waals surface area (Å²) in [7, 11) is -4.40. The summed E-state index contributed by atoms with van der Waals surface area (Å²) >= 11 is 11.7. The highest BCUT2D eigenvalue weighted by Crippen LogP contribution is 2.42. The molecule has 3 rings (SSSR count). The van der Waals surface area contributed by atoms with Gasteiger partial charge in [-0.1, -0.05) is 47.5 Å². The predicted molar refractivity (Wildman–Crippen MR) is 98.5 cm³/mol. The summed E-state index contributed by atoms with van der Waals surface area (Å²) in [5.41, 5.74) is -2.14. The van der Waals surface area contributed by atoms with Crippen LogP contribution in [0.2, 0.25) is 10.0 Å². The molecular formula is C18H9Cl2F4NO2S. The van der Waals surface area contributed by atoms with Gasteiger partial charge in [-0.05, 0) is 23.8 Å². The fraction of sp³-hybridized carbons (Fsp3) is 0. The van der Waals surface area contributed by atoms with Crippen LogP contribution in [0.4, 0.5) is 17.6 Å². The first-order chi connectivity index (χ1) is 13.0. The molecule has 2 N–H and O–H groups in total. The Morgan fingerprint density at radius 1 is 0.750 bits per heavy atom. The number of primary sulfonamides is 1. The molecule has 28 heavy (non-hydrogen) atoms. The highest BCUT2D eigenvalue weighted by Gasteiger charge is 2.30. The molecule has 0 aliphatic heterocycles. The summed E-state index contributed by atoms with van der Waals surface area (Å²) in [6.07, 6.45) is 0. The van der Waals surface area contributed by atoms with Crippen LogP contribution in [0.1, 0.15) is 0 Å². The lowest BCUT2D eigenvalue weighted by Crippen LogP contribution is -2.14. The molecule has 0 saturated heterocycles. The van der Waals surface area contributed by atoms with E-state index in [2.05, 4.69) is 0 Å². The molecule has 0 radical (unpaired) electrons. The number of benzene rings is 3. The Kier molecular flexibility index (Phi) is 5.42. The van der Waals surface area contributed by atoms with E-state index in [0.717, 1.165) is 18.2 Å². The van der Waals surface area contributed by atoms with Crippen molar-refractivity contribution in [2.24, 2.45) is 5.14 Å². The number of halogens is 6. The van der Waals surface area contributed by atoms with Gasteiger partial charge in [0.1, 0.15) is 0 Å². The lowest BCUT2D eigenvalue weighted by atomic mass is 9.93. The van der Waals surface area contributed by atoms with Crippen molar-refractivity contribution in [2.45, 2.75) is 4.90 Å². The van der Waals surface area contributed by atoms with Crippen molar-refractivity contribution in [3.63, 3.8) is 0 Å². The van der Waals surface area contributed by atoms with E-state index in [1.165, 1.54) is 24.3 Å². The molecule has 3 aromatic rings. The van der Waals surface area contributed by atoms with Crippen molar-refractivity contribution in [2.75, 3.05) is 0 Å². The molecule has 0 amide bonds. The molecule has 0 aromatic heterocycles. The van der Waals surface area contributed by atoms with Crippen molar-refractivity contribution in [1.82, 2.24) is 0 Å². The van der Waals surface area contributed by atoms with E-state index in [4.69, 9.17) is 28.3 Å². The highest BCUT2D eigenvalue weighted by atomic mass is 35.5. The Hall–Kier alpha value is -2.13. The number of hydrogen-bond acceptors (Lipinski definition) is 2. The van der Waals surface area contributed by atoms with Crippen molar-refractivity contribution >= 4 is 33.2 Å². The molecule has 0 bridgehead atoms. The summed E-state index contributed by atoms with van der Waals surface area (Å²) < 4.78 is 81.1. The van der Waals surface area contributed by atoms with Gasteiger partial charge in [0.05, 0.1) is 14.9 Å². The van der Waals surface area contributed by atoms with Gasteiger partial charge in [0.25, 0.3) is 0 Å². The quantitative estimate of drug-likeness (QED) is 0.324. The molecule has 146 valence electrons. The van der Waals surface area contributed by atoms with Crippen LogP contribution < -0.4 is 5.14 Å². The second-order valence-electron chi connectivity index (χ2n) is 5.68. The van der Waals surface area contributed by atoms with Crippen molar-refractivity contribution in [3.8, 4) is 22.3 Å². The Morgan fingerprint density at radius 2 is 1.32 bits per heavy atom. The van der Waals surface area contributed by atoms with E-state index >= 15 is 0 Å². The minimum absolute atomic E-state index is 0.0608. The highest BCUT2D eigenvalue weighted by molar-refractivity contribution is 7.89. The molecule has 0 saturated carbocycles. The van der Waals surface area contributed by atoms with Gasteiger partial charge in [-0.2, -0.15) is 0 Å². The molecule has 0 spiro atoms. The van der Waals surface area contributed by atoms with Gasteiger partial charge in [-0.25, -0.2) is 31.1 Å². The lowest BCUT2D eigenvalue weighted by molar-refractivity contribution is 0.412. The monoisotopic (exact) mass is 449 g/mol. The zero-order chi connectivity index (χ0) is 20.8. The molecule has 0 aliphatic carbocycles. The summed E-state index contributed by atoms with van der Waals surface area (Å²) in [5, 5.41) is 5.16. The number of nitrogens with two attached hydrogens (primary N) is 1. The minimum Gasteiger partial charge on any atom is -0.225 e. The molecule has 0 fully saturated rings. The second-order valence-corrected chi connectivity index (χ2v) is 8.02. The standard InChI is InChI=1S/C18H9Cl2F4NO2S/c19-10-6-5-8(7-11(10)20)13-14(16(22)18(24)17(23)15(13)21)9-3-1-2-4-12(9)28(25,26)27/h1-7H,(H2,25,26,27). The smallest absolute Gasteiger partial charge is 0.225 e. The SMILES string of the molecule is NS(=O)(=O)c1ccccc1-c1c(F)c(F)c(F)c(F)c1-c1ccc(Cl)c(Cl)c1. The summed E-state index contributed by atoms with van der Waals surface area (Å²) in [6.45, 7) is 0. The van der Waals surface area contributed by atoms with E-state index in [0.29, 0.717) is 0 Å². The Balaban J connectivity index is 2.52. The van der Waals surface area contributed by atoms with Gasteiger partial charge in [-0.15, -0.1) is 0 Å². The van der Waals surface area contributed by atoms with Gasteiger partial charge in [0.15, 0.2) is 23.3 Å². The average Bonchev–Trinajstić information content (AvgIpc) is 2.64. The minimum atomic E-state index is -4.40. The first-order valence-electron chi connectivity index (χ1n) is 7.47. The van der Waals surface area contributed by atoms with Crippen LogP contribution in [0.3, 0.4) is 0 Å². The number of hydrogen-bond donors (Lipinski definition) is 1. The van der Waals surface area contributed by atoms with Crippen LogP contribution in [0, 0.1) is 23.3 Å². The zero-order valence-corrected chi connectivity index (χ0v) is 15.9. The normalized spacial score (nSPS) is 11.7. The fourth-order valence-corrected chi connectivity index (χ4v) is 3.77. The molecular weight excluding hydrogens is 441 g/mol. The zero-order valence-electron chi connectivity index (χ0n) is 13.6. The van der Waals surface area contributed by atoms with Gasteiger partial charge in [0, 0.05) is 16.7 Å². The van der Waals surface area contributed by atoms with Crippen LogP contribution in [0.15, 0.2) is 47.4 Å². The third kappa shape index (κ3) is 3.48. The van der Waals surface area contributed by atoms with E-state index in [1.807, 2.05) is 0 Å². The van der Waals surface area contributed by atoms with Gasteiger partial charge in [0.2, 0.25) is 10.0 Å². The third-order valence-electron chi connectivity index (χ3n) is 3.94. The topological polar surface area (TPSA) is 60.2 Å². The third-order valence-corrected chi connectivity index (χ3v) is 5.65. The van der Waals surface area contributed by atoms with E-state index < -0.39 is 54.9 Å². The Morgan fingerprint density at radius 3 is 1.89 bits per heavy atom. The lowest BCUT2D eigenvalue weighted by Gasteiger charge is -2.16. The summed E-state index contributed by atoms with van der Waals surface area (Å²) in [4.78, 5) is -0.597. The first-order valence-corrected chi connectivity index (χ1v) is 9.77. The Labute approximate surface area is 167 Å². The van der Waals surface area contributed by atoms with E-state index in [1.54, 1.807) is 0 Å². The maximum Gasteiger partial charge on any atom is 0.238 e. The van der Waals surface area contributed by atoms with Crippen molar-refractivity contribution < 1.29 is 26.0 Å². The van der Waals surface area contributed by atoms with Crippen LogP contribution >= 0.6 is 23.2 Å². The predicted octanol–water partition coefficient (Wildman–Crippen LogP) is 5.53. The van der Waals surface area contributed by atoms with Gasteiger partial charge >= 0.3 is 0 Å². The maximum absolute atomic E-state index is 14.7. The van der Waals surface area contributed by atoms with E-state index in [-0.39, 0.29) is 15.6 Å². The van der Waals surface area contributed by atoms with Crippen LogP contribution in [0.25, 0.3) is 22.3 Å². The van der Waals surface area contributed by atoms with Crippen molar-refractivity contribution in [3.05, 3.63) is 75.8 Å². The maximum atomic E-state index is 14.7. The summed E-state index contributed by atoms with van der Waals surface area (Å²) in [6, 6.07) is 8.27. The largest absolute Gasteiger partial charge is 0.238 e. The molecule has 3 aromatic carbocycles. The molecule has 3 nitrogen and oxygen atoms in total. The van der Waals surface area contributed by atoms with Crippen LogP contribution in [0.5, 0.6) is 0 Å². The van der Waals surface area contributed by atoms with E-state index in [9.17, 15) is 26.0 Å². The van der Waals surface area contributed by atoms with Gasteiger partial charge in [-0.3, -0.25) is 0 Å². The Bertz CT molecular complexity index is 1220. The molecule has 0 atom stereocenters. The fourth-order valence-electron chi connectivity index (χ4n) is 2.73. The molecule has 0 aliphatic rings. The van der Waals surface area contributed by atoms with Gasteiger partial charge < -0.3 is 0 Å². The summed E-state index contributed by atoms with van der Waals surface area (Å²) in [5.74, 6) is -7.66. The average molecular weight is 450 g/mol. The first kappa shape index (κ1) is 20.6. The second kappa shape index (κ2) is 7.36. The molecule has 10 heteroatoms. The van der Waals surface area contributed by atoms with Crippen molar-refractivity contribution in [1.29, 1.82) is 0 Å². The number of rotatable bonds is 3.